The van der Waals surface area contributed by atoms with Crippen molar-refractivity contribution >= 4 is 17.8 Å². The lowest BCUT2D eigenvalue weighted by molar-refractivity contribution is -0.155. The Morgan fingerprint density at radius 2 is 1.85 bits per heavy atom. The average molecular weight is 354 g/mol. The Morgan fingerprint density at radius 1 is 1.12 bits per heavy atom. The van der Waals surface area contributed by atoms with Gasteiger partial charge in [-0.2, -0.15) is 0 Å². The standard InChI is InChI=1S/C19H18N2O5/c1-25-19(24)16-10-13-6-2-3-7-14(13)11-21(16)17(22)12-26-18(23)15-8-4-5-9-20-15/h2-9,16H,10-12H2,1H3/t16-/m0/s1. The number of fused-ring (bicyclic) bond motifs is 1. The monoisotopic (exact) mass is 354 g/mol. The summed E-state index contributed by atoms with van der Waals surface area (Å²) in [6.07, 6.45) is 1.83. The van der Waals surface area contributed by atoms with Crippen molar-refractivity contribution < 1.29 is 23.9 Å². The topological polar surface area (TPSA) is 85.8 Å². The molecular weight excluding hydrogens is 336 g/mol. The third-order valence-electron chi connectivity index (χ3n) is 4.24. The molecule has 3 rings (SSSR count). The van der Waals surface area contributed by atoms with Crippen molar-refractivity contribution in [1.29, 1.82) is 0 Å². The molecule has 2 heterocycles. The predicted octanol–water partition coefficient (Wildman–Crippen LogP) is 1.36. The first-order valence-corrected chi connectivity index (χ1v) is 8.12. The first kappa shape index (κ1) is 17.6. The van der Waals surface area contributed by atoms with E-state index in [1.54, 1.807) is 12.1 Å². The first-order valence-electron chi connectivity index (χ1n) is 8.12. The highest BCUT2D eigenvalue weighted by Crippen LogP contribution is 2.24. The first-order chi connectivity index (χ1) is 12.6. The minimum absolute atomic E-state index is 0.119. The van der Waals surface area contributed by atoms with E-state index in [2.05, 4.69) is 4.98 Å². The lowest BCUT2D eigenvalue weighted by Gasteiger charge is -2.35. The summed E-state index contributed by atoms with van der Waals surface area (Å²) in [4.78, 5) is 41.9. The molecule has 0 fully saturated rings. The van der Waals surface area contributed by atoms with Gasteiger partial charge < -0.3 is 14.4 Å². The van der Waals surface area contributed by atoms with Crippen LogP contribution < -0.4 is 0 Å². The molecule has 1 amide bonds. The fraction of sp³-hybridized carbons (Fsp3) is 0.263. The van der Waals surface area contributed by atoms with Crippen LogP contribution in [0.25, 0.3) is 0 Å². The molecular formula is C19H18N2O5. The van der Waals surface area contributed by atoms with Crippen LogP contribution >= 0.6 is 0 Å². The number of pyridine rings is 1. The summed E-state index contributed by atoms with van der Waals surface area (Å²) < 4.78 is 9.88. The smallest absolute Gasteiger partial charge is 0.357 e. The fourth-order valence-electron chi connectivity index (χ4n) is 2.90. The molecule has 26 heavy (non-hydrogen) atoms. The van der Waals surface area contributed by atoms with Gasteiger partial charge in [0.2, 0.25) is 0 Å². The van der Waals surface area contributed by atoms with E-state index in [4.69, 9.17) is 9.47 Å². The third-order valence-corrected chi connectivity index (χ3v) is 4.24. The molecule has 0 unspecified atom stereocenters. The van der Waals surface area contributed by atoms with E-state index in [0.29, 0.717) is 6.42 Å². The van der Waals surface area contributed by atoms with Crippen LogP contribution in [0, 0.1) is 0 Å². The average Bonchev–Trinajstić information content (AvgIpc) is 2.70. The van der Waals surface area contributed by atoms with Gasteiger partial charge in [-0.05, 0) is 23.3 Å². The number of nitrogens with zero attached hydrogens (tertiary/aromatic N) is 2. The van der Waals surface area contributed by atoms with E-state index in [1.807, 2.05) is 24.3 Å². The number of benzene rings is 1. The Kier molecular flexibility index (Phi) is 5.26. The normalized spacial score (nSPS) is 15.7. The van der Waals surface area contributed by atoms with Gasteiger partial charge in [0.15, 0.2) is 6.61 Å². The van der Waals surface area contributed by atoms with Crippen LogP contribution in [0.5, 0.6) is 0 Å². The molecule has 0 saturated heterocycles. The largest absolute Gasteiger partial charge is 0.467 e. The number of ether oxygens (including phenoxy) is 2. The van der Waals surface area contributed by atoms with Crippen LogP contribution in [0.2, 0.25) is 0 Å². The van der Waals surface area contributed by atoms with Gasteiger partial charge in [0.05, 0.1) is 7.11 Å². The van der Waals surface area contributed by atoms with Crippen LogP contribution in [0.3, 0.4) is 0 Å². The number of hydrogen-bond acceptors (Lipinski definition) is 6. The van der Waals surface area contributed by atoms with Crippen molar-refractivity contribution in [3.63, 3.8) is 0 Å². The summed E-state index contributed by atoms with van der Waals surface area (Å²) in [6, 6.07) is 11.7. The Hall–Kier alpha value is -3.22. The van der Waals surface area contributed by atoms with Gasteiger partial charge in [-0.25, -0.2) is 14.6 Å². The molecule has 1 aromatic carbocycles. The van der Waals surface area contributed by atoms with Crippen LogP contribution in [-0.4, -0.2) is 47.5 Å². The zero-order valence-electron chi connectivity index (χ0n) is 14.3. The zero-order chi connectivity index (χ0) is 18.5. The minimum atomic E-state index is -0.740. The number of amides is 1. The molecule has 0 bridgehead atoms. The number of carbonyl (C=O) groups is 3. The van der Waals surface area contributed by atoms with Gasteiger partial charge in [-0.3, -0.25) is 4.79 Å². The van der Waals surface area contributed by atoms with E-state index in [9.17, 15) is 14.4 Å². The van der Waals surface area contributed by atoms with Crippen molar-refractivity contribution in [2.24, 2.45) is 0 Å². The molecule has 1 atom stereocenters. The fourth-order valence-corrected chi connectivity index (χ4v) is 2.90. The van der Waals surface area contributed by atoms with Crippen molar-refractivity contribution in [3.8, 4) is 0 Å². The second-order valence-corrected chi connectivity index (χ2v) is 5.82. The lowest BCUT2D eigenvalue weighted by Crippen LogP contribution is -2.50. The minimum Gasteiger partial charge on any atom is -0.467 e. The Morgan fingerprint density at radius 3 is 2.54 bits per heavy atom. The molecule has 0 N–H and O–H groups in total. The lowest BCUT2D eigenvalue weighted by atomic mass is 9.94. The number of rotatable bonds is 4. The maximum atomic E-state index is 12.6. The maximum absolute atomic E-state index is 12.6. The van der Waals surface area contributed by atoms with Crippen molar-refractivity contribution in [3.05, 3.63) is 65.5 Å². The SMILES string of the molecule is COC(=O)[C@@H]1Cc2ccccc2CN1C(=O)COC(=O)c1ccccn1. The molecule has 134 valence electrons. The number of carbonyl (C=O) groups excluding carboxylic acids is 3. The quantitative estimate of drug-likeness (QED) is 0.771. The molecule has 1 aromatic heterocycles. The summed E-state index contributed by atoms with van der Waals surface area (Å²) >= 11 is 0. The summed E-state index contributed by atoms with van der Waals surface area (Å²) in [5.74, 6) is -1.64. The predicted molar refractivity (Wildman–Crippen MR) is 91.0 cm³/mol. The van der Waals surface area contributed by atoms with Crippen molar-refractivity contribution in [2.75, 3.05) is 13.7 Å². The summed E-state index contributed by atoms with van der Waals surface area (Å²) in [5.41, 5.74) is 2.07. The van der Waals surface area contributed by atoms with Crippen LogP contribution in [-0.2, 0) is 32.0 Å². The van der Waals surface area contributed by atoms with Gasteiger partial charge in [0.1, 0.15) is 11.7 Å². The van der Waals surface area contributed by atoms with Gasteiger partial charge in [0.25, 0.3) is 5.91 Å². The van der Waals surface area contributed by atoms with Gasteiger partial charge in [0, 0.05) is 19.2 Å². The van der Waals surface area contributed by atoms with Crippen molar-refractivity contribution in [1.82, 2.24) is 9.88 Å². The van der Waals surface area contributed by atoms with E-state index in [1.165, 1.54) is 24.3 Å². The Balaban J connectivity index is 1.72. The summed E-state index contributed by atoms with van der Waals surface area (Å²) in [7, 11) is 1.28. The molecule has 0 saturated carbocycles. The second-order valence-electron chi connectivity index (χ2n) is 5.82. The molecule has 7 nitrogen and oxygen atoms in total. The number of esters is 2. The molecule has 0 radical (unpaired) electrons. The summed E-state index contributed by atoms with van der Waals surface area (Å²) in [6.45, 7) is -0.207. The van der Waals surface area contributed by atoms with Gasteiger partial charge in [-0.15, -0.1) is 0 Å². The molecule has 1 aliphatic heterocycles. The van der Waals surface area contributed by atoms with Crippen LogP contribution in [0.4, 0.5) is 0 Å². The highest BCUT2D eigenvalue weighted by molar-refractivity contribution is 5.91. The molecule has 0 aliphatic carbocycles. The Labute approximate surface area is 150 Å². The highest BCUT2D eigenvalue weighted by atomic mass is 16.5. The van der Waals surface area contributed by atoms with Crippen molar-refractivity contribution in [2.45, 2.75) is 19.0 Å². The molecule has 0 spiro atoms. The number of hydrogen-bond donors (Lipinski definition) is 0. The maximum Gasteiger partial charge on any atom is 0.357 e. The molecule has 7 heteroatoms. The third kappa shape index (κ3) is 3.72. The molecule has 1 aliphatic rings. The van der Waals surface area contributed by atoms with Gasteiger partial charge >= 0.3 is 11.9 Å². The van der Waals surface area contributed by atoms with E-state index >= 15 is 0 Å². The number of methoxy groups -OCH3 is 1. The van der Waals surface area contributed by atoms with E-state index in [0.717, 1.165) is 11.1 Å². The Bertz CT molecular complexity index is 822. The van der Waals surface area contributed by atoms with Crippen LogP contribution in [0.15, 0.2) is 48.7 Å². The zero-order valence-corrected chi connectivity index (χ0v) is 14.3. The second kappa shape index (κ2) is 7.77. The van der Waals surface area contributed by atoms with Gasteiger partial charge in [-0.1, -0.05) is 30.3 Å². The summed E-state index contributed by atoms with van der Waals surface area (Å²) in [5, 5.41) is 0. The molecule has 2 aromatic rings. The van der Waals surface area contributed by atoms with Crippen LogP contribution in [0.1, 0.15) is 21.6 Å². The highest BCUT2D eigenvalue weighted by Gasteiger charge is 2.35. The van der Waals surface area contributed by atoms with E-state index in [-0.39, 0.29) is 12.2 Å². The van der Waals surface area contributed by atoms with E-state index < -0.39 is 30.5 Å². The number of aromatic nitrogens is 1.